The standard InChI is InChI=1S/C11H10N2O3S/c12-11(15)9-4-7(6-17-9)13-10(14)5-8-2-1-3-16-8/h1-4,6H,5H2,(H2,12,15)(H,13,14). The van der Waals surface area contributed by atoms with Crippen molar-refractivity contribution in [1.29, 1.82) is 0 Å². The fourth-order valence-electron chi connectivity index (χ4n) is 1.31. The Labute approximate surface area is 101 Å². The lowest BCUT2D eigenvalue weighted by molar-refractivity contribution is -0.115. The first-order valence-electron chi connectivity index (χ1n) is 4.86. The summed E-state index contributed by atoms with van der Waals surface area (Å²) in [5.74, 6) is -0.108. The molecule has 0 unspecified atom stereocenters. The van der Waals surface area contributed by atoms with E-state index in [0.717, 1.165) is 0 Å². The number of primary amides is 1. The third kappa shape index (κ3) is 2.94. The number of carbonyl (C=O) groups excluding carboxylic acids is 2. The van der Waals surface area contributed by atoms with Crippen LogP contribution in [-0.2, 0) is 11.2 Å². The summed E-state index contributed by atoms with van der Waals surface area (Å²) >= 11 is 1.19. The Bertz CT molecular complexity index is 531. The monoisotopic (exact) mass is 250 g/mol. The summed E-state index contributed by atoms with van der Waals surface area (Å²) in [6, 6.07) is 4.99. The number of nitrogens with two attached hydrogens (primary N) is 1. The topological polar surface area (TPSA) is 85.3 Å². The zero-order valence-corrected chi connectivity index (χ0v) is 9.62. The van der Waals surface area contributed by atoms with Gasteiger partial charge in [-0.15, -0.1) is 11.3 Å². The summed E-state index contributed by atoms with van der Waals surface area (Å²) in [6.45, 7) is 0. The lowest BCUT2D eigenvalue weighted by Gasteiger charge is -1.99. The molecule has 0 atom stereocenters. The van der Waals surface area contributed by atoms with Crippen molar-refractivity contribution in [2.75, 3.05) is 5.32 Å². The first-order valence-corrected chi connectivity index (χ1v) is 5.73. The van der Waals surface area contributed by atoms with Crippen LogP contribution < -0.4 is 11.1 Å². The second-order valence-electron chi connectivity index (χ2n) is 3.37. The zero-order valence-electron chi connectivity index (χ0n) is 8.80. The van der Waals surface area contributed by atoms with E-state index in [1.165, 1.54) is 17.6 Å². The van der Waals surface area contributed by atoms with E-state index >= 15 is 0 Å². The lowest BCUT2D eigenvalue weighted by atomic mass is 10.3. The molecule has 0 aromatic carbocycles. The SMILES string of the molecule is NC(=O)c1cc(NC(=O)Cc2ccco2)cs1. The first-order chi connectivity index (χ1) is 8.15. The van der Waals surface area contributed by atoms with Gasteiger partial charge in [-0.25, -0.2) is 0 Å². The van der Waals surface area contributed by atoms with Crippen LogP contribution in [0, 0.1) is 0 Å². The van der Waals surface area contributed by atoms with E-state index in [1.807, 2.05) is 0 Å². The molecule has 0 radical (unpaired) electrons. The highest BCUT2D eigenvalue weighted by molar-refractivity contribution is 7.12. The van der Waals surface area contributed by atoms with Crippen molar-refractivity contribution in [2.45, 2.75) is 6.42 Å². The minimum atomic E-state index is -0.499. The van der Waals surface area contributed by atoms with Crippen LogP contribution in [0.4, 0.5) is 5.69 Å². The van der Waals surface area contributed by atoms with Gasteiger partial charge in [-0.3, -0.25) is 9.59 Å². The summed E-state index contributed by atoms with van der Waals surface area (Å²) in [6.07, 6.45) is 1.67. The average Bonchev–Trinajstić information content (AvgIpc) is 2.88. The summed E-state index contributed by atoms with van der Waals surface area (Å²) < 4.78 is 5.05. The number of amides is 2. The smallest absolute Gasteiger partial charge is 0.258 e. The van der Waals surface area contributed by atoms with Crippen LogP contribution >= 0.6 is 11.3 Å². The molecule has 0 fully saturated rings. The molecular formula is C11H10N2O3S. The van der Waals surface area contributed by atoms with Crippen molar-refractivity contribution >= 4 is 28.8 Å². The van der Waals surface area contributed by atoms with Crippen LogP contribution in [-0.4, -0.2) is 11.8 Å². The van der Waals surface area contributed by atoms with E-state index in [4.69, 9.17) is 10.2 Å². The predicted molar refractivity (Wildman–Crippen MR) is 63.9 cm³/mol. The van der Waals surface area contributed by atoms with Crippen LogP contribution in [0.1, 0.15) is 15.4 Å². The molecule has 0 spiro atoms. The number of hydrogen-bond acceptors (Lipinski definition) is 4. The fourth-order valence-corrected chi connectivity index (χ4v) is 2.00. The third-order valence-corrected chi connectivity index (χ3v) is 2.99. The molecule has 0 aliphatic rings. The molecule has 2 aromatic heterocycles. The number of hydrogen-bond donors (Lipinski definition) is 2. The fraction of sp³-hybridized carbons (Fsp3) is 0.0909. The minimum absolute atomic E-state index is 0.161. The maximum Gasteiger partial charge on any atom is 0.258 e. The van der Waals surface area contributed by atoms with E-state index in [1.54, 1.807) is 23.6 Å². The molecule has 5 nitrogen and oxygen atoms in total. The molecule has 88 valence electrons. The first kappa shape index (κ1) is 11.4. The largest absolute Gasteiger partial charge is 0.469 e. The maximum atomic E-state index is 11.6. The summed E-state index contributed by atoms with van der Waals surface area (Å²) in [4.78, 5) is 22.9. The molecule has 17 heavy (non-hydrogen) atoms. The molecule has 0 saturated heterocycles. The van der Waals surface area contributed by atoms with Crippen LogP contribution in [0.3, 0.4) is 0 Å². The van der Waals surface area contributed by atoms with E-state index in [0.29, 0.717) is 16.3 Å². The van der Waals surface area contributed by atoms with Crippen LogP contribution in [0.15, 0.2) is 34.3 Å². The second-order valence-corrected chi connectivity index (χ2v) is 4.28. The Morgan fingerprint density at radius 1 is 1.47 bits per heavy atom. The van der Waals surface area contributed by atoms with Gasteiger partial charge in [0.1, 0.15) is 5.76 Å². The molecule has 6 heteroatoms. The van der Waals surface area contributed by atoms with E-state index < -0.39 is 5.91 Å². The molecule has 2 amide bonds. The van der Waals surface area contributed by atoms with Gasteiger partial charge in [0.2, 0.25) is 5.91 Å². The lowest BCUT2D eigenvalue weighted by Crippen LogP contribution is -2.13. The van der Waals surface area contributed by atoms with Crippen molar-refractivity contribution in [3.05, 3.63) is 40.5 Å². The van der Waals surface area contributed by atoms with Gasteiger partial charge in [-0.05, 0) is 18.2 Å². The van der Waals surface area contributed by atoms with Crippen molar-refractivity contribution in [2.24, 2.45) is 5.73 Å². The quantitative estimate of drug-likeness (QED) is 0.864. The van der Waals surface area contributed by atoms with Gasteiger partial charge < -0.3 is 15.5 Å². The van der Waals surface area contributed by atoms with E-state index in [-0.39, 0.29) is 12.3 Å². The number of nitrogens with one attached hydrogen (secondary N) is 1. The number of thiophene rings is 1. The van der Waals surface area contributed by atoms with E-state index in [9.17, 15) is 9.59 Å². The van der Waals surface area contributed by atoms with E-state index in [2.05, 4.69) is 5.32 Å². The molecule has 3 N–H and O–H groups in total. The van der Waals surface area contributed by atoms with Gasteiger partial charge in [0, 0.05) is 5.38 Å². The Morgan fingerprint density at radius 3 is 2.88 bits per heavy atom. The Morgan fingerprint density at radius 2 is 2.29 bits per heavy atom. The second kappa shape index (κ2) is 4.84. The molecule has 2 heterocycles. The van der Waals surface area contributed by atoms with Crippen LogP contribution in [0.2, 0.25) is 0 Å². The van der Waals surface area contributed by atoms with Gasteiger partial charge in [-0.1, -0.05) is 0 Å². The van der Waals surface area contributed by atoms with Crippen LogP contribution in [0.5, 0.6) is 0 Å². The highest BCUT2D eigenvalue weighted by Gasteiger charge is 2.09. The number of carbonyl (C=O) groups is 2. The molecule has 0 aliphatic heterocycles. The van der Waals surface area contributed by atoms with Crippen molar-refractivity contribution < 1.29 is 14.0 Å². The highest BCUT2D eigenvalue weighted by Crippen LogP contribution is 2.18. The zero-order chi connectivity index (χ0) is 12.3. The Hall–Kier alpha value is -2.08. The Balaban J connectivity index is 1.96. The molecule has 2 rings (SSSR count). The van der Waals surface area contributed by atoms with Gasteiger partial charge in [0.05, 0.1) is 23.2 Å². The van der Waals surface area contributed by atoms with Gasteiger partial charge >= 0.3 is 0 Å². The normalized spacial score (nSPS) is 10.1. The summed E-state index contributed by atoms with van der Waals surface area (Å²) in [7, 11) is 0. The number of rotatable bonds is 4. The van der Waals surface area contributed by atoms with Gasteiger partial charge in [-0.2, -0.15) is 0 Å². The van der Waals surface area contributed by atoms with Gasteiger partial charge in [0.25, 0.3) is 5.91 Å². The summed E-state index contributed by atoms with van der Waals surface area (Å²) in [5.41, 5.74) is 5.68. The molecule has 0 aliphatic carbocycles. The molecule has 2 aromatic rings. The third-order valence-electron chi connectivity index (χ3n) is 2.04. The highest BCUT2D eigenvalue weighted by atomic mass is 32.1. The summed E-state index contributed by atoms with van der Waals surface area (Å²) in [5, 5.41) is 4.33. The predicted octanol–water partition coefficient (Wildman–Crippen LogP) is 1.62. The molecule has 0 bridgehead atoms. The van der Waals surface area contributed by atoms with Gasteiger partial charge in [0.15, 0.2) is 0 Å². The van der Waals surface area contributed by atoms with Crippen LogP contribution in [0.25, 0.3) is 0 Å². The number of anilines is 1. The molecule has 0 saturated carbocycles. The Kier molecular flexibility index (Phi) is 3.24. The maximum absolute atomic E-state index is 11.6. The number of furan rings is 1. The van der Waals surface area contributed by atoms with Crippen molar-refractivity contribution in [3.8, 4) is 0 Å². The molecular weight excluding hydrogens is 240 g/mol. The average molecular weight is 250 g/mol. The van der Waals surface area contributed by atoms with Crippen molar-refractivity contribution in [1.82, 2.24) is 0 Å². The van der Waals surface area contributed by atoms with Crippen molar-refractivity contribution in [3.63, 3.8) is 0 Å². The minimum Gasteiger partial charge on any atom is -0.469 e.